The highest BCUT2D eigenvalue weighted by Crippen LogP contribution is 2.36. The monoisotopic (exact) mass is 330 g/mol. The zero-order valence-corrected chi connectivity index (χ0v) is 14.5. The number of rotatable bonds is 4. The van der Waals surface area contributed by atoms with Crippen LogP contribution in [-0.2, 0) is 14.3 Å². The molecule has 0 saturated carbocycles. The van der Waals surface area contributed by atoms with E-state index in [1.807, 2.05) is 31.2 Å². The predicted octanol–water partition coefficient (Wildman–Crippen LogP) is 2.20. The minimum Gasteiger partial charge on any atom is -0.376 e. The number of hydrogen-bond acceptors (Lipinski definition) is 3. The molecule has 5 nitrogen and oxygen atoms in total. The SMILES string of the molecule is Cc1ccc([C@@H]2[C@@H](C(=O)NC[C@@H]3CCCO3)CCC(=O)N2C)cc1. The molecule has 2 amide bonds. The number of carbonyl (C=O) groups is 2. The normalized spacial score (nSPS) is 27.3. The van der Waals surface area contributed by atoms with Crippen LogP contribution in [-0.4, -0.2) is 43.0 Å². The number of nitrogens with zero attached hydrogens (tertiary/aromatic N) is 1. The van der Waals surface area contributed by atoms with Gasteiger partial charge in [-0.1, -0.05) is 29.8 Å². The summed E-state index contributed by atoms with van der Waals surface area (Å²) in [6.07, 6.45) is 3.23. The van der Waals surface area contributed by atoms with Gasteiger partial charge in [0, 0.05) is 26.6 Å². The van der Waals surface area contributed by atoms with Crippen molar-refractivity contribution in [2.24, 2.45) is 5.92 Å². The molecule has 0 aliphatic carbocycles. The largest absolute Gasteiger partial charge is 0.376 e. The second kappa shape index (κ2) is 7.34. The zero-order chi connectivity index (χ0) is 17.1. The maximum absolute atomic E-state index is 12.8. The van der Waals surface area contributed by atoms with Crippen LogP contribution in [0.15, 0.2) is 24.3 Å². The summed E-state index contributed by atoms with van der Waals surface area (Å²) in [5, 5.41) is 3.04. The standard InChI is InChI=1S/C19H26N2O3/c1-13-5-7-14(8-6-13)18-16(9-10-17(22)21(18)2)19(23)20-12-15-4-3-11-24-15/h5-8,15-16,18H,3-4,9-12H2,1-2H3,(H,20,23)/t15-,16-,18+/m0/s1. The Kier molecular flexibility index (Phi) is 5.19. The lowest BCUT2D eigenvalue weighted by Gasteiger charge is -2.38. The Labute approximate surface area is 143 Å². The lowest BCUT2D eigenvalue weighted by atomic mass is 9.83. The molecular weight excluding hydrogens is 304 g/mol. The van der Waals surface area contributed by atoms with Crippen molar-refractivity contribution in [2.75, 3.05) is 20.2 Å². The van der Waals surface area contributed by atoms with Crippen molar-refractivity contribution in [3.8, 4) is 0 Å². The van der Waals surface area contributed by atoms with Crippen molar-refractivity contribution in [3.05, 3.63) is 35.4 Å². The molecule has 2 aliphatic heterocycles. The lowest BCUT2D eigenvalue weighted by molar-refractivity contribution is -0.141. The summed E-state index contributed by atoms with van der Waals surface area (Å²) in [7, 11) is 1.80. The molecule has 0 radical (unpaired) electrons. The Morgan fingerprint density at radius 3 is 2.71 bits per heavy atom. The number of benzene rings is 1. The zero-order valence-electron chi connectivity index (χ0n) is 14.5. The van der Waals surface area contributed by atoms with Gasteiger partial charge in [0.1, 0.15) is 0 Å². The molecule has 3 rings (SSSR count). The Hall–Kier alpha value is -1.88. The molecule has 0 unspecified atom stereocenters. The maximum atomic E-state index is 12.8. The molecule has 2 fully saturated rings. The van der Waals surface area contributed by atoms with Gasteiger partial charge < -0.3 is 15.0 Å². The van der Waals surface area contributed by atoms with Gasteiger partial charge in [0.2, 0.25) is 11.8 Å². The summed E-state index contributed by atoms with van der Waals surface area (Å²) in [4.78, 5) is 26.6. The van der Waals surface area contributed by atoms with Crippen LogP contribution in [0.2, 0.25) is 0 Å². The van der Waals surface area contributed by atoms with Crippen molar-refractivity contribution in [3.63, 3.8) is 0 Å². The fraction of sp³-hybridized carbons (Fsp3) is 0.579. The Balaban J connectivity index is 1.74. The van der Waals surface area contributed by atoms with Gasteiger partial charge in [-0.2, -0.15) is 0 Å². The summed E-state index contributed by atoms with van der Waals surface area (Å²) in [5.74, 6) is -0.0871. The van der Waals surface area contributed by atoms with Crippen molar-refractivity contribution < 1.29 is 14.3 Å². The van der Waals surface area contributed by atoms with Gasteiger partial charge >= 0.3 is 0 Å². The summed E-state index contributed by atoms with van der Waals surface area (Å²) in [5.41, 5.74) is 2.19. The Morgan fingerprint density at radius 1 is 1.29 bits per heavy atom. The summed E-state index contributed by atoms with van der Waals surface area (Å²) < 4.78 is 5.57. The van der Waals surface area contributed by atoms with E-state index < -0.39 is 0 Å². The van der Waals surface area contributed by atoms with Crippen LogP contribution in [0.5, 0.6) is 0 Å². The van der Waals surface area contributed by atoms with E-state index in [0.717, 1.165) is 25.0 Å². The summed E-state index contributed by atoms with van der Waals surface area (Å²) in [6.45, 7) is 3.38. The molecule has 0 spiro atoms. The third-order valence-corrected chi connectivity index (χ3v) is 5.14. The first kappa shape index (κ1) is 17.0. The third-order valence-electron chi connectivity index (χ3n) is 5.14. The van der Waals surface area contributed by atoms with Crippen LogP contribution < -0.4 is 5.32 Å². The number of piperidine rings is 1. The molecule has 1 N–H and O–H groups in total. The van der Waals surface area contributed by atoms with Gasteiger partial charge in [0.25, 0.3) is 0 Å². The van der Waals surface area contributed by atoms with Gasteiger partial charge in [-0.3, -0.25) is 9.59 Å². The van der Waals surface area contributed by atoms with E-state index in [1.165, 1.54) is 5.56 Å². The van der Waals surface area contributed by atoms with Crippen molar-refractivity contribution >= 4 is 11.8 Å². The van der Waals surface area contributed by atoms with Gasteiger partial charge in [-0.05, 0) is 31.7 Å². The topological polar surface area (TPSA) is 58.6 Å². The first-order valence-corrected chi connectivity index (χ1v) is 8.78. The highest BCUT2D eigenvalue weighted by molar-refractivity contribution is 5.84. The fourth-order valence-electron chi connectivity index (χ4n) is 3.68. The van der Waals surface area contributed by atoms with Crippen LogP contribution in [0.1, 0.15) is 42.9 Å². The predicted molar refractivity (Wildman–Crippen MR) is 91.4 cm³/mol. The molecule has 1 aromatic carbocycles. The Morgan fingerprint density at radius 2 is 2.04 bits per heavy atom. The molecule has 5 heteroatoms. The second-order valence-electron chi connectivity index (χ2n) is 6.89. The first-order chi connectivity index (χ1) is 11.6. The minimum absolute atomic E-state index is 0.0235. The lowest BCUT2D eigenvalue weighted by Crippen LogP contribution is -2.47. The Bertz CT molecular complexity index is 593. The smallest absolute Gasteiger partial charge is 0.225 e. The molecule has 2 heterocycles. The maximum Gasteiger partial charge on any atom is 0.225 e. The van der Waals surface area contributed by atoms with Gasteiger partial charge in [0.05, 0.1) is 18.1 Å². The number of amides is 2. The number of nitrogens with one attached hydrogen (secondary N) is 1. The van der Waals surface area contributed by atoms with E-state index in [0.29, 0.717) is 19.4 Å². The van der Waals surface area contributed by atoms with E-state index >= 15 is 0 Å². The van der Waals surface area contributed by atoms with Gasteiger partial charge in [-0.25, -0.2) is 0 Å². The van der Waals surface area contributed by atoms with E-state index in [2.05, 4.69) is 5.32 Å². The average Bonchev–Trinajstić information content (AvgIpc) is 3.09. The summed E-state index contributed by atoms with van der Waals surface area (Å²) >= 11 is 0. The van der Waals surface area contributed by atoms with Crippen LogP contribution >= 0.6 is 0 Å². The van der Waals surface area contributed by atoms with Crippen molar-refractivity contribution in [1.29, 1.82) is 0 Å². The first-order valence-electron chi connectivity index (χ1n) is 8.78. The average molecular weight is 330 g/mol. The van der Waals surface area contributed by atoms with Gasteiger partial charge in [0.15, 0.2) is 0 Å². The van der Waals surface area contributed by atoms with Crippen LogP contribution in [0.4, 0.5) is 0 Å². The fourth-order valence-corrected chi connectivity index (χ4v) is 3.68. The van der Waals surface area contributed by atoms with E-state index in [9.17, 15) is 9.59 Å². The number of carbonyl (C=O) groups excluding carboxylic acids is 2. The molecule has 3 atom stereocenters. The third kappa shape index (κ3) is 3.61. The highest BCUT2D eigenvalue weighted by atomic mass is 16.5. The molecule has 0 bridgehead atoms. The highest BCUT2D eigenvalue weighted by Gasteiger charge is 2.38. The molecule has 0 aromatic heterocycles. The number of ether oxygens (including phenoxy) is 1. The number of hydrogen-bond donors (Lipinski definition) is 1. The van der Waals surface area contributed by atoms with Crippen LogP contribution in [0.3, 0.4) is 0 Å². The van der Waals surface area contributed by atoms with E-state index in [4.69, 9.17) is 4.74 Å². The van der Waals surface area contributed by atoms with Crippen LogP contribution in [0.25, 0.3) is 0 Å². The molecular formula is C19H26N2O3. The van der Waals surface area contributed by atoms with Crippen LogP contribution in [0, 0.1) is 12.8 Å². The number of likely N-dealkylation sites (tertiary alicyclic amines) is 1. The molecule has 24 heavy (non-hydrogen) atoms. The van der Waals surface area contributed by atoms with Gasteiger partial charge in [-0.15, -0.1) is 0 Å². The molecule has 130 valence electrons. The molecule has 2 aliphatic rings. The minimum atomic E-state index is -0.211. The quantitative estimate of drug-likeness (QED) is 0.921. The van der Waals surface area contributed by atoms with E-state index in [-0.39, 0.29) is 29.9 Å². The summed E-state index contributed by atoms with van der Waals surface area (Å²) in [6, 6.07) is 7.91. The van der Waals surface area contributed by atoms with E-state index in [1.54, 1.807) is 11.9 Å². The van der Waals surface area contributed by atoms with Crippen molar-refractivity contribution in [1.82, 2.24) is 10.2 Å². The number of aryl methyl sites for hydroxylation is 1. The molecule has 2 saturated heterocycles. The second-order valence-corrected chi connectivity index (χ2v) is 6.89. The molecule has 1 aromatic rings. The van der Waals surface area contributed by atoms with Crippen molar-refractivity contribution in [2.45, 2.75) is 44.8 Å².